The van der Waals surface area contributed by atoms with E-state index < -0.39 is 12.2 Å². The Morgan fingerprint density at radius 2 is 1.81 bits per heavy atom. The number of anilines is 1. The van der Waals surface area contributed by atoms with Crippen LogP contribution in [0.5, 0.6) is 0 Å². The average Bonchev–Trinajstić information content (AvgIpc) is 2.44. The Kier molecular flexibility index (Phi) is 4.64. The van der Waals surface area contributed by atoms with Gasteiger partial charge < -0.3 is 15.1 Å². The fourth-order valence-corrected chi connectivity index (χ4v) is 2.29. The molecule has 0 amide bonds. The molecule has 2 N–H and O–H groups in total. The third-order valence-corrected chi connectivity index (χ3v) is 3.25. The summed E-state index contributed by atoms with van der Waals surface area (Å²) in [6.45, 7) is 6.42. The Bertz CT molecular complexity index is 309. The summed E-state index contributed by atoms with van der Waals surface area (Å²) in [6, 6.07) is 0. The summed E-state index contributed by atoms with van der Waals surface area (Å²) in [5.74, 6) is 0. The lowest BCUT2D eigenvalue weighted by Gasteiger charge is -2.22. The summed E-state index contributed by atoms with van der Waals surface area (Å²) >= 11 is 1.56. The maximum Gasteiger partial charge on any atom is 0.263 e. The summed E-state index contributed by atoms with van der Waals surface area (Å²) in [7, 11) is 1.89. The zero-order valence-electron chi connectivity index (χ0n) is 10.2. The quantitative estimate of drug-likeness (QED) is 0.709. The lowest BCUT2D eigenvalue weighted by molar-refractivity contribution is -0.729. The van der Waals surface area contributed by atoms with Crippen LogP contribution in [0, 0.1) is 6.92 Å². The van der Waals surface area contributed by atoms with Gasteiger partial charge in [0.05, 0.1) is 12.2 Å². The van der Waals surface area contributed by atoms with Crippen LogP contribution in [0.3, 0.4) is 0 Å². The van der Waals surface area contributed by atoms with E-state index in [-0.39, 0.29) is 0 Å². The second-order valence-corrected chi connectivity index (χ2v) is 5.29. The molecule has 1 heterocycles. The van der Waals surface area contributed by atoms with Gasteiger partial charge in [0.2, 0.25) is 0 Å². The third kappa shape index (κ3) is 3.70. The highest BCUT2D eigenvalue weighted by Gasteiger charge is 2.20. The van der Waals surface area contributed by atoms with Gasteiger partial charge in [0.15, 0.2) is 7.05 Å². The van der Waals surface area contributed by atoms with Crippen molar-refractivity contribution in [3.05, 3.63) is 5.01 Å². The molecule has 2 unspecified atom stereocenters. The summed E-state index contributed by atoms with van der Waals surface area (Å²) in [6.07, 6.45) is -0.874. The molecular weight excluding hydrogens is 226 g/mol. The normalized spacial score (nSPS) is 14.9. The first kappa shape index (κ1) is 13.3. The zero-order valence-corrected chi connectivity index (χ0v) is 11.0. The molecule has 0 radical (unpaired) electrons. The van der Waals surface area contributed by atoms with Crippen LogP contribution in [-0.2, 0) is 7.05 Å². The largest absolute Gasteiger partial charge is 0.392 e. The van der Waals surface area contributed by atoms with E-state index in [0.717, 1.165) is 10.1 Å². The second-order valence-electron chi connectivity index (χ2n) is 4.13. The highest BCUT2D eigenvalue weighted by molar-refractivity contribution is 7.14. The lowest BCUT2D eigenvalue weighted by atomic mass is 10.3. The minimum Gasteiger partial charge on any atom is -0.392 e. The topological polar surface area (TPSA) is 60.5 Å². The molecule has 92 valence electrons. The van der Waals surface area contributed by atoms with Crippen LogP contribution in [0.1, 0.15) is 18.9 Å². The van der Waals surface area contributed by atoms with Crippen LogP contribution in [0.15, 0.2) is 0 Å². The molecule has 5 nitrogen and oxygen atoms in total. The van der Waals surface area contributed by atoms with Gasteiger partial charge in [-0.2, -0.15) is 0 Å². The monoisotopic (exact) mass is 246 g/mol. The third-order valence-electron chi connectivity index (χ3n) is 2.17. The Balaban J connectivity index is 2.82. The first-order valence-corrected chi connectivity index (χ1v) is 6.16. The fraction of sp³-hybridized carbons (Fsp3) is 0.800. The first-order chi connectivity index (χ1) is 7.40. The number of hydrogen-bond donors (Lipinski definition) is 2. The van der Waals surface area contributed by atoms with Crippen molar-refractivity contribution in [2.75, 3.05) is 18.0 Å². The van der Waals surface area contributed by atoms with E-state index in [1.807, 2.05) is 18.9 Å². The van der Waals surface area contributed by atoms with Crippen molar-refractivity contribution in [1.29, 1.82) is 0 Å². The SMILES string of the molecule is Cc1sc(N(CC(C)O)CC(C)O)n[n+]1C. The van der Waals surface area contributed by atoms with Gasteiger partial charge in [-0.05, 0) is 25.2 Å². The molecule has 2 atom stereocenters. The molecule has 0 aromatic carbocycles. The van der Waals surface area contributed by atoms with E-state index in [4.69, 9.17) is 0 Å². The summed E-state index contributed by atoms with van der Waals surface area (Å²) in [5.41, 5.74) is 0. The standard InChI is InChI=1S/C10H20N3O2S/c1-7(14)5-13(6-8(2)15)10-11-12(4)9(3)16-10/h7-8,14-15H,5-6H2,1-4H3/q+1. The van der Waals surface area contributed by atoms with Gasteiger partial charge in [-0.15, -0.1) is 0 Å². The molecule has 1 aromatic rings. The van der Waals surface area contributed by atoms with E-state index >= 15 is 0 Å². The molecule has 0 fully saturated rings. The molecule has 1 aromatic heterocycles. The highest BCUT2D eigenvalue weighted by Crippen LogP contribution is 2.18. The van der Waals surface area contributed by atoms with E-state index in [1.54, 1.807) is 29.9 Å². The number of hydrogen-bond acceptors (Lipinski definition) is 5. The van der Waals surface area contributed by atoms with Gasteiger partial charge in [0.25, 0.3) is 10.1 Å². The van der Waals surface area contributed by atoms with Gasteiger partial charge >= 0.3 is 0 Å². The molecule has 1 rings (SSSR count). The Hall–Kier alpha value is -0.720. The molecular formula is C10H20N3O2S+. The summed E-state index contributed by atoms with van der Waals surface area (Å²) in [4.78, 5) is 1.91. The van der Waals surface area contributed by atoms with Crippen molar-refractivity contribution in [2.24, 2.45) is 7.05 Å². The van der Waals surface area contributed by atoms with Crippen LogP contribution in [0.4, 0.5) is 5.13 Å². The number of rotatable bonds is 5. The van der Waals surface area contributed by atoms with Gasteiger partial charge in [0.1, 0.15) is 0 Å². The number of aliphatic hydroxyl groups excluding tert-OH is 2. The van der Waals surface area contributed by atoms with Crippen molar-refractivity contribution >= 4 is 16.5 Å². The number of aromatic nitrogens is 2. The van der Waals surface area contributed by atoms with E-state index in [9.17, 15) is 10.2 Å². The number of aliphatic hydroxyl groups is 2. The van der Waals surface area contributed by atoms with Crippen molar-refractivity contribution in [3.63, 3.8) is 0 Å². The Morgan fingerprint density at radius 1 is 1.31 bits per heavy atom. The molecule has 0 aliphatic heterocycles. The van der Waals surface area contributed by atoms with Gasteiger partial charge in [-0.1, -0.05) is 4.68 Å². The molecule has 0 saturated heterocycles. The second kappa shape index (κ2) is 5.56. The van der Waals surface area contributed by atoms with Crippen molar-refractivity contribution in [3.8, 4) is 0 Å². The first-order valence-electron chi connectivity index (χ1n) is 5.35. The zero-order chi connectivity index (χ0) is 12.3. The molecule has 0 aliphatic rings. The maximum atomic E-state index is 9.42. The van der Waals surface area contributed by atoms with Crippen molar-refractivity contribution in [1.82, 2.24) is 5.10 Å². The van der Waals surface area contributed by atoms with Crippen LogP contribution >= 0.6 is 11.3 Å². The van der Waals surface area contributed by atoms with E-state index in [1.165, 1.54) is 0 Å². The molecule has 0 spiro atoms. The fourth-order valence-electron chi connectivity index (χ4n) is 1.41. The van der Waals surface area contributed by atoms with Gasteiger partial charge in [0, 0.05) is 25.1 Å². The van der Waals surface area contributed by atoms with Crippen LogP contribution in [-0.4, -0.2) is 40.6 Å². The molecule has 6 heteroatoms. The summed E-state index contributed by atoms with van der Waals surface area (Å²) in [5, 5.41) is 25.1. The van der Waals surface area contributed by atoms with Crippen molar-refractivity contribution in [2.45, 2.75) is 33.0 Å². The predicted octanol–water partition coefficient (Wildman–Crippen LogP) is -0.156. The smallest absolute Gasteiger partial charge is 0.263 e. The highest BCUT2D eigenvalue weighted by atomic mass is 32.1. The van der Waals surface area contributed by atoms with Crippen LogP contribution in [0.25, 0.3) is 0 Å². The lowest BCUT2D eigenvalue weighted by Crippen LogP contribution is -2.38. The Morgan fingerprint density at radius 3 is 2.12 bits per heavy atom. The van der Waals surface area contributed by atoms with Crippen molar-refractivity contribution < 1.29 is 14.9 Å². The maximum absolute atomic E-state index is 9.42. The number of aryl methyl sites for hydroxylation is 2. The van der Waals surface area contributed by atoms with E-state index in [0.29, 0.717) is 13.1 Å². The predicted molar refractivity (Wildman–Crippen MR) is 63.6 cm³/mol. The molecule has 0 saturated carbocycles. The van der Waals surface area contributed by atoms with Crippen LogP contribution in [0.2, 0.25) is 0 Å². The number of nitrogens with zero attached hydrogens (tertiary/aromatic N) is 3. The minimum atomic E-state index is -0.437. The van der Waals surface area contributed by atoms with Crippen LogP contribution < -0.4 is 9.58 Å². The average molecular weight is 246 g/mol. The minimum absolute atomic E-state index is 0.437. The Labute approximate surface area is 100.0 Å². The molecule has 0 aliphatic carbocycles. The molecule has 16 heavy (non-hydrogen) atoms. The molecule has 0 bridgehead atoms. The van der Waals surface area contributed by atoms with Gasteiger partial charge in [-0.25, -0.2) is 0 Å². The summed E-state index contributed by atoms with van der Waals surface area (Å²) < 4.78 is 1.80. The van der Waals surface area contributed by atoms with Gasteiger partial charge in [-0.3, -0.25) is 0 Å². The van der Waals surface area contributed by atoms with E-state index in [2.05, 4.69) is 5.10 Å².